The second-order valence-corrected chi connectivity index (χ2v) is 4.66. The zero-order valence-electron chi connectivity index (χ0n) is 7.91. The van der Waals surface area contributed by atoms with Crippen LogP contribution in [0.15, 0.2) is 0 Å². The van der Waals surface area contributed by atoms with Crippen molar-refractivity contribution in [3.63, 3.8) is 0 Å². The molecule has 10 heavy (non-hydrogen) atoms. The Morgan fingerprint density at radius 2 is 1.20 bits per heavy atom. The molecule has 0 aromatic carbocycles. The van der Waals surface area contributed by atoms with Crippen LogP contribution >= 0.6 is 0 Å². The van der Waals surface area contributed by atoms with Gasteiger partial charge in [-0.25, -0.2) is 0 Å². The van der Waals surface area contributed by atoms with E-state index < -0.39 is 0 Å². The van der Waals surface area contributed by atoms with E-state index in [4.69, 9.17) is 0 Å². The third kappa shape index (κ3) is 37.6. The fraction of sp³-hybridized carbons (Fsp3) is 1.00. The van der Waals surface area contributed by atoms with Crippen molar-refractivity contribution < 1.29 is 20.4 Å². The number of unbranched alkanes of at least 4 members (excludes halogenated alkanes) is 3. The van der Waals surface area contributed by atoms with E-state index in [1.807, 2.05) is 0 Å². The molecule has 1 heteroatoms. The van der Waals surface area contributed by atoms with Crippen molar-refractivity contribution in [3.05, 3.63) is 0 Å². The van der Waals surface area contributed by atoms with Crippen LogP contribution in [0.4, 0.5) is 0 Å². The average Bonchev–Trinajstić information content (AvgIpc) is 1.82. The van der Waals surface area contributed by atoms with Gasteiger partial charge in [0.2, 0.25) is 0 Å². The molecule has 0 rings (SSSR count). The SMILES string of the molecule is CCCCCC.C[CH](C)[Ti]. The molecule has 0 N–H and O–H groups in total. The zero-order valence-corrected chi connectivity index (χ0v) is 9.47. The van der Waals surface area contributed by atoms with Gasteiger partial charge in [-0.15, -0.1) is 0 Å². The Morgan fingerprint density at radius 1 is 1.00 bits per heavy atom. The van der Waals surface area contributed by atoms with Crippen LogP contribution < -0.4 is 0 Å². The summed E-state index contributed by atoms with van der Waals surface area (Å²) < 4.78 is 0.833. The van der Waals surface area contributed by atoms with Gasteiger partial charge in [-0.1, -0.05) is 39.5 Å². The summed E-state index contributed by atoms with van der Waals surface area (Å²) in [5, 5.41) is 0. The summed E-state index contributed by atoms with van der Waals surface area (Å²) in [6, 6.07) is 0. The van der Waals surface area contributed by atoms with Gasteiger partial charge in [0.25, 0.3) is 0 Å². The van der Waals surface area contributed by atoms with Gasteiger partial charge in [-0.05, 0) is 0 Å². The van der Waals surface area contributed by atoms with Crippen molar-refractivity contribution in [2.24, 2.45) is 0 Å². The Balaban J connectivity index is 0. The van der Waals surface area contributed by atoms with Gasteiger partial charge in [0, 0.05) is 0 Å². The topological polar surface area (TPSA) is 0 Å². The van der Waals surface area contributed by atoms with E-state index in [9.17, 15) is 0 Å². The molecule has 0 saturated carbocycles. The summed E-state index contributed by atoms with van der Waals surface area (Å²) in [7, 11) is 0. The molecule has 0 aliphatic carbocycles. The molecule has 0 nitrogen and oxygen atoms in total. The fourth-order valence-corrected chi connectivity index (χ4v) is 0.500. The van der Waals surface area contributed by atoms with Crippen LogP contribution in [-0.2, 0) is 20.4 Å². The zero-order chi connectivity index (χ0) is 8.41. The van der Waals surface area contributed by atoms with Gasteiger partial charge in [-0.3, -0.25) is 0 Å². The van der Waals surface area contributed by atoms with Crippen LogP contribution in [-0.4, -0.2) is 0 Å². The van der Waals surface area contributed by atoms with E-state index in [0.717, 1.165) is 4.22 Å². The first-order valence-corrected chi connectivity index (χ1v) is 5.26. The maximum atomic E-state index is 2.23. The normalized spacial score (nSPS) is 8.80. The second kappa shape index (κ2) is 12.4. The summed E-state index contributed by atoms with van der Waals surface area (Å²) in [5.41, 5.74) is 0. The summed E-state index contributed by atoms with van der Waals surface area (Å²) in [5.74, 6) is 0. The van der Waals surface area contributed by atoms with E-state index >= 15 is 0 Å². The van der Waals surface area contributed by atoms with Gasteiger partial charge in [-0.2, -0.15) is 0 Å². The predicted octanol–water partition coefficient (Wildman–Crippen LogP) is 3.95. The molecule has 0 aliphatic rings. The van der Waals surface area contributed by atoms with Crippen molar-refractivity contribution in [1.29, 1.82) is 0 Å². The van der Waals surface area contributed by atoms with Crippen LogP contribution in [0.25, 0.3) is 0 Å². The van der Waals surface area contributed by atoms with E-state index in [-0.39, 0.29) is 0 Å². The Kier molecular flexibility index (Phi) is 16.5. The van der Waals surface area contributed by atoms with Crippen molar-refractivity contribution in [3.8, 4) is 0 Å². The summed E-state index contributed by atoms with van der Waals surface area (Å²) >= 11 is 2.17. The van der Waals surface area contributed by atoms with Crippen molar-refractivity contribution in [2.75, 3.05) is 0 Å². The van der Waals surface area contributed by atoms with E-state index in [2.05, 4.69) is 48.1 Å². The van der Waals surface area contributed by atoms with Gasteiger partial charge in [0.1, 0.15) is 0 Å². The number of hydrogen-bond acceptors (Lipinski definition) is 0. The molecule has 0 aliphatic heterocycles. The Hall–Kier alpha value is 0.714. The van der Waals surface area contributed by atoms with Gasteiger partial charge < -0.3 is 0 Å². The summed E-state index contributed by atoms with van der Waals surface area (Å²) in [6.45, 7) is 8.80. The quantitative estimate of drug-likeness (QED) is 0.452. The molecule has 0 unspecified atom stereocenters. The third-order valence-corrected chi connectivity index (χ3v) is 0.957. The van der Waals surface area contributed by atoms with Crippen LogP contribution in [0.1, 0.15) is 53.4 Å². The molecular formula is C9H21Ti. The molecule has 0 amide bonds. The van der Waals surface area contributed by atoms with Crippen LogP contribution in [0.3, 0.4) is 0 Å². The number of rotatable bonds is 3. The second-order valence-electron chi connectivity index (χ2n) is 2.86. The van der Waals surface area contributed by atoms with Crippen molar-refractivity contribution in [1.82, 2.24) is 0 Å². The molecule has 0 bridgehead atoms. The minimum absolute atomic E-state index is 0.833. The molecule has 0 aromatic rings. The Bertz CT molecular complexity index is 35.2. The Morgan fingerprint density at radius 3 is 1.30 bits per heavy atom. The predicted molar refractivity (Wildman–Crippen MR) is 44.9 cm³/mol. The standard InChI is InChI=1S/C6H14.C3H7.Ti/c1-3-5-6-4-2;1-3-2;/h3-6H2,1-2H3;3H,1-2H3;. The van der Waals surface area contributed by atoms with E-state index in [1.54, 1.807) is 0 Å². The molecule has 0 atom stereocenters. The molecule has 0 heterocycles. The fourth-order valence-electron chi connectivity index (χ4n) is 0.500. The maximum absolute atomic E-state index is 2.23. The molecular weight excluding hydrogens is 156 g/mol. The monoisotopic (exact) mass is 177 g/mol. The van der Waals surface area contributed by atoms with Crippen molar-refractivity contribution in [2.45, 2.75) is 57.6 Å². The van der Waals surface area contributed by atoms with Crippen LogP contribution in [0.5, 0.6) is 0 Å². The van der Waals surface area contributed by atoms with E-state index in [0.29, 0.717) is 0 Å². The summed E-state index contributed by atoms with van der Waals surface area (Å²) in [4.78, 5) is 0. The minimum atomic E-state index is 0.833. The van der Waals surface area contributed by atoms with Gasteiger partial charge >= 0.3 is 38.5 Å². The van der Waals surface area contributed by atoms with E-state index in [1.165, 1.54) is 25.7 Å². The van der Waals surface area contributed by atoms with Crippen LogP contribution in [0, 0.1) is 0 Å². The number of hydrogen-bond donors (Lipinski definition) is 0. The molecule has 0 radical (unpaired) electrons. The van der Waals surface area contributed by atoms with Gasteiger partial charge in [0.05, 0.1) is 0 Å². The molecule has 0 saturated heterocycles. The average molecular weight is 177 g/mol. The molecule has 61 valence electrons. The Labute approximate surface area is 78.2 Å². The molecule has 0 spiro atoms. The van der Waals surface area contributed by atoms with Gasteiger partial charge in [0.15, 0.2) is 0 Å². The molecule has 0 fully saturated rings. The van der Waals surface area contributed by atoms with Crippen molar-refractivity contribution >= 4 is 0 Å². The first-order valence-electron chi connectivity index (χ1n) is 4.36. The summed E-state index contributed by atoms with van der Waals surface area (Å²) in [6.07, 6.45) is 5.54. The third-order valence-electron chi connectivity index (χ3n) is 0.957. The van der Waals surface area contributed by atoms with Crippen LogP contribution in [0.2, 0.25) is 4.22 Å². The first kappa shape index (κ1) is 13.3. The first-order chi connectivity index (χ1) is 4.65. The molecule has 0 aromatic heterocycles.